The van der Waals surface area contributed by atoms with Gasteiger partial charge >= 0.3 is 0 Å². The van der Waals surface area contributed by atoms with Crippen molar-refractivity contribution in [1.82, 2.24) is 15.0 Å². The first-order valence-corrected chi connectivity index (χ1v) is 4.94. The Hall–Kier alpha value is -0.350. The highest BCUT2D eigenvalue weighted by Gasteiger charge is 2.10. The smallest absolute Gasteiger partial charge is 0.224 e. The van der Waals surface area contributed by atoms with Gasteiger partial charge in [-0.05, 0) is 17.7 Å². The first-order chi connectivity index (χ1) is 6.58. The second-order valence-corrected chi connectivity index (χ2v) is 3.90. The fourth-order valence-corrected chi connectivity index (χ4v) is 1.89. The van der Waals surface area contributed by atoms with Crippen LogP contribution in [0.3, 0.4) is 0 Å². The average Bonchev–Trinajstić information content (AvgIpc) is 2.07. The lowest BCUT2D eigenvalue weighted by Crippen LogP contribution is -1.90. The van der Waals surface area contributed by atoms with E-state index in [-0.39, 0.29) is 15.6 Å². The lowest BCUT2D eigenvalue weighted by atomic mass is 10.4. The summed E-state index contributed by atoms with van der Waals surface area (Å²) in [4.78, 5) is 11.6. The summed E-state index contributed by atoms with van der Waals surface area (Å²) in [6.07, 6.45) is 0. The van der Waals surface area contributed by atoms with Crippen LogP contribution in [0.4, 0.5) is 0 Å². The van der Waals surface area contributed by atoms with E-state index >= 15 is 0 Å². The van der Waals surface area contributed by atoms with Gasteiger partial charge in [0.2, 0.25) is 5.28 Å². The largest absolute Gasteiger partial charge is 0.231 e. The van der Waals surface area contributed by atoms with E-state index in [0.29, 0.717) is 16.1 Å². The minimum atomic E-state index is 0.0218. The summed E-state index contributed by atoms with van der Waals surface area (Å²) in [5.41, 5.74) is 0.731. The molecule has 0 aromatic carbocycles. The number of halogens is 4. The van der Waals surface area contributed by atoms with Gasteiger partial charge in [-0.15, -0.1) is 0 Å². The van der Waals surface area contributed by atoms with Crippen molar-refractivity contribution >= 4 is 57.4 Å². The number of fused-ring (bicyclic) bond motifs is 1. The van der Waals surface area contributed by atoms with Crippen molar-refractivity contribution in [2.75, 3.05) is 0 Å². The maximum atomic E-state index is 5.87. The van der Waals surface area contributed by atoms with Gasteiger partial charge in [0.15, 0.2) is 5.15 Å². The van der Waals surface area contributed by atoms with E-state index < -0.39 is 0 Å². The third kappa shape index (κ3) is 1.73. The van der Waals surface area contributed by atoms with E-state index in [9.17, 15) is 0 Å². The molecule has 0 unspecified atom stereocenters. The van der Waals surface area contributed by atoms with E-state index in [0.717, 1.165) is 0 Å². The van der Waals surface area contributed by atoms with Crippen LogP contribution in [0.5, 0.6) is 0 Å². The Balaban J connectivity index is 2.94. The molecule has 0 N–H and O–H groups in total. The topological polar surface area (TPSA) is 38.7 Å². The number of hydrogen-bond acceptors (Lipinski definition) is 3. The van der Waals surface area contributed by atoms with E-state index in [1.165, 1.54) is 6.07 Å². The molecule has 2 aromatic heterocycles. The maximum Gasteiger partial charge on any atom is 0.224 e. The van der Waals surface area contributed by atoms with Crippen LogP contribution in [-0.2, 0) is 0 Å². The van der Waals surface area contributed by atoms with Crippen molar-refractivity contribution < 1.29 is 0 Å². The van der Waals surface area contributed by atoms with Crippen molar-refractivity contribution in [3.05, 3.63) is 26.7 Å². The zero-order chi connectivity index (χ0) is 10.3. The molecule has 0 saturated carbocycles. The first-order valence-electron chi connectivity index (χ1n) is 3.42. The van der Waals surface area contributed by atoms with Gasteiger partial charge in [0.1, 0.15) is 16.2 Å². The Kier molecular flexibility index (Phi) is 2.66. The fraction of sp³-hybridized carbons (Fsp3) is 0. The molecule has 0 amide bonds. The first kappa shape index (κ1) is 10.2. The molecule has 0 bridgehead atoms. The molecule has 2 heterocycles. The second kappa shape index (κ2) is 3.66. The molecule has 0 saturated heterocycles. The summed E-state index contributed by atoms with van der Waals surface area (Å²) >= 11 is 23.0. The monoisotopic (exact) mass is 267 g/mol. The molecule has 0 aliphatic rings. The molecule has 0 atom stereocenters. The third-order valence-corrected chi connectivity index (χ3v) is 2.42. The molecule has 2 rings (SSSR count). The van der Waals surface area contributed by atoms with Crippen LogP contribution >= 0.6 is 46.4 Å². The molecule has 7 heteroatoms. The second-order valence-electron chi connectivity index (χ2n) is 2.41. The molecule has 0 aliphatic heterocycles. The van der Waals surface area contributed by atoms with Crippen molar-refractivity contribution in [3.63, 3.8) is 0 Å². The highest BCUT2D eigenvalue weighted by Crippen LogP contribution is 2.28. The summed E-state index contributed by atoms with van der Waals surface area (Å²) in [5, 5.41) is 0.722. The van der Waals surface area contributed by atoms with Crippen LogP contribution in [0.2, 0.25) is 20.6 Å². The SMILES string of the molecule is Clc1cc(Cl)c2nc(Cl)nc(Cl)c2n1. The van der Waals surface area contributed by atoms with Crippen LogP contribution in [0, 0.1) is 0 Å². The van der Waals surface area contributed by atoms with Gasteiger partial charge in [0.05, 0.1) is 5.02 Å². The maximum absolute atomic E-state index is 5.87. The van der Waals surface area contributed by atoms with Crippen LogP contribution in [-0.4, -0.2) is 15.0 Å². The summed E-state index contributed by atoms with van der Waals surface area (Å²) in [7, 11) is 0. The highest BCUT2D eigenvalue weighted by atomic mass is 35.5. The minimum absolute atomic E-state index is 0.0218. The minimum Gasteiger partial charge on any atom is -0.231 e. The number of pyridine rings is 1. The van der Waals surface area contributed by atoms with Crippen molar-refractivity contribution in [2.24, 2.45) is 0 Å². The predicted octanol–water partition coefficient (Wildman–Crippen LogP) is 3.64. The lowest BCUT2D eigenvalue weighted by Gasteiger charge is -2.01. The van der Waals surface area contributed by atoms with E-state index in [1.54, 1.807) is 0 Å². The standard InChI is InChI=1S/C7HCl4N3/c8-2-1-3(9)12-5-4(2)13-7(11)14-6(5)10/h1H. The van der Waals surface area contributed by atoms with Crippen LogP contribution in [0.15, 0.2) is 6.07 Å². The lowest BCUT2D eigenvalue weighted by molar-refractivity contribution is 1.20. The molecule has 2 aromatic rings. The molecule has 0 fully saturated rings. The van der Waals surface area contributed by atoms with Crippen molar-refractivity contribution in [1.29, 1.82) is 0 Å². The van der Waals surface area contributed by atoms with Crippen molar-refractivity contribution in [3.8, 4) is 0 Å². The fourth-order valence-electron chi connectivity index (χ4n) is 0.979. The van der Waals surface area contributed by atoms with Gasteiger partial charge in [-0.3, -0.25) is 0 Å². The number of aromatic nitrogens is 3. The molecule has 3 nitrogen and oxygen atoms in total. The van der Waals surface area contributed by atoms with Gasteiger partial charge in [-0.25, -0.2) is 15.0 Å². The average molecular weight is 269 g/mol. The quantitative estimate of drug-likeness (QED) is 0.416. The normalized spacial score (nSPS) is 10.9. The molecule has 0 aliphatic carbocycles. The Morgan fingerprint density at radius 2 is 1.57 bits per heavy atom. The number of hydrogen-bond donors (Lipinski definition) is 0. The van der Waals surface area contributed by atoms with Gasteiger partial charge < -0.3 is 0 Å². The van der Waals surface area contributed by atoms with Gasteiger partial charge in [-0.2, -0.15) is 0 Å². The third-order valence-electron chi connectivity index (χ3n) is 1.50. The molecule has 72 valence electrons. The number of nitrogens with zero attached hydrogens (tertiary/aromatic N) is 3. The molecule has 0 radical (unpaired) electrons. The molecular weight excluding hydrogens is 268 g/mol. The van der Waals surface area contributed by atoms with Gasteiger partial charge in [0.25, 0.3) is 0 Å². The van der Waals surface area contributed by atoms with Crippen LogP contribution < -0.4 is 0 Å². The van der Waals surface area contributed by atoms with E-state index in [4.69, 9.17) is 46.4 Å². The van der Waals surface area contributed by atoms with Gasteiger partial charge in [0, 0.05) is 0 Å². The van der Waals surface area contributed by atoms with Crippen LogP contribution in [0.1, 0.15) is 0 Å². The summed E-state index contributed by atoms with van der Waals surface area (Å²) < 4.78 is 0. The number of rotatable bonds is 0. The molecule has 0 spiro atoms. The Bertz CT molecular complexity index is 467. The summed E-state index contributed by atoms with van der Waals surface area (Å²) in [6.45, 7) is 0. The molecular formula is C7HCl4N3. The summed E-state index contributed by atoms with van der Waals surface area (Å²) in [5.74, 6) is 0. The molecule has 14 heavy (non-hydrogen) atoms. The van der Waals surface area contributed by atoms with E-state index in [1.807, 2.05) is 0 Å². The predicted molar refractivity (Wildman–Crippen MR) is 57.4 cm³/mol. The zero-order valence-electron chi connectivity index (χ0n) is 6.43. The Labute approximate surface area is 99.0 Å². The zero-order valence-corrected chi connectivity index (χ0v) is 9.45. The van der Waals surface area contributed by atoms with Crippen molar-refractivity contribution in [2.45, 2.75) is 0 Å². The summed E-state index contributed by atoms with van der Waals surface area (Å²) in [6, 6.07) is 1.46. The van der Waals surface area contributed by atoms with Crippen LogP contribution in [0.25, 0.3) is 11.0 Å². The highest BCUT2D eigenvalue weighted by molar-refractivity contribution is 6.40. The van der Waals surface area contributed by atoms with Gasteiger partial charge in [-0.1, -0.05) is 34.8 Å². The Morgan fingerprint density at radius 1 is 0.857 bits per heavy atom. The Morgan fingerprint density at radius 3 is 2.29 bits per heavy atom. The van der Waals surface area contributed by atoms with E-state index in [2.05, 4.69) is 15.0 Å².